The normalized spacial score (nSPS) is 10.9. The summed E-state index contributed by atoms with van der Waals surface area (Å²) in [7, 11) is 0. The van der Waals surface area contributed by atoms with E-state index in [2.05, 4.69) is 15.8 Å². The average molecular weight is 524 g/mol. The molecule has 7 nitrogen and oxygen atoms in total. The van der Waals surface area contributed by atoms with Crippen molar-refractivity contribution in [3.8, 4) is 5.75 Å². The molecule has 0 saturated carbocycles. The lowest BCUT2D eigenvalue weighted by molar-refractivity contribution is -0.128. The first-order chi connectivity index (χ1) is 18.5. The van der Waals surface area contributed by atoms with Gasteiger partial charge in [0.05, 0.1) is 6.21 Å². The minimum Gasteiger partial charge on any atom is -0.423 e. The number of carbonyl (C=O) groups is 3. The van der Waals surface area contributed by atoms with Crippen LogP contribution in [0.5, 0.6) is 5.75 Å². The first-order valence-corrected chi connectivity index (χ1v) is 11.9. The number of hydrazone groups is 1. The zero-order valence-electron chi connectivity index (χ0n) is 20.0. The Morgan fingerprint density at radius 3 is 2.26 bits per heavy atom. The highest BCUT2D eigenvalue weighted by atomic mass is 35.5. The minimum absolute atomic E-state index is 0.280. The molecule has 0 bridgehead atoms. The first kappa shape index (κ1) is 26.1. The topological polar surface area (TPSA) is 96.9 Å². The van der Waals surface area contributed by atoms with Crippen LogP contribution in [0.2, 0.25) is 5.02 Å². The van der Waals surface area contributed by atoms with E-state index >= 15 is 0 Å². The van der Waals surface area contributed by atoms with Crippen LogP contribution >= 0.6 is 11.6 Å². The van der Waals surface area contributed by atoms with Crippen LogP contribution in [0.15, 0.2) is 114 Å². The van der Waals surface area contributed by atoms with Gasteiger partial charge in [0.2, 0.25) is 0 Å². The van der Waals surface area contributed by atoms with Crippen molar-refractivity contribution in [2.45, 2.75) is 0 Å². The molecular formula is C30H22ClN3O4. The standard InChI is InChI=1S/C30H22ClN3O4/c31-25-16-13-21(14-17-25)15-18-28(35)38-27-12-5-4-9-24(27)20-32-34-30(37)23-10-6-11-26(19-23)33-29(36)22-7-2-1-3-8-22/h1-20H,(H,33,36)(H,34,37)/b18-15+,32-20?. The molecule has 0 aliphatic heterocycles. The van der Waals surface area contributed by atoms with Gasteiger partial charge in [0.15, 0.2) is 0 Å². The molecule has 0 aromatic heterocycles. The molecule has 4 aromatic carbocycles. The van der Waals surface area contributed by atoms with Crippen LogP contribution in [-0.4, -0.2) is 24.0 Å². The Hall–Kier alpha value is -5.01. The fourth-order valence-corrected chi connectivity index (χ4v) is 3.44. The van der Waals surface area contributed by atoms with Crippen molar-refractivity contribution in [2.24, 2.45) is 5.10 Å². The number of nitrogens with zero attached hydrogens (tertiary/aromatic N) is 1. The molecule has 0 spiro atoms. The van der Waals surface area contributed by atoms with E-state index in [4.69, 9.17) is 16.3 Å². The highest BCUT2D eigenvalue weighted by molar-refractivity contribution is 6.30. The first-order valence-electron chi connectivity index (χ1n) is 11.5. The van der Waals surface area contributed by atoms with Crippen molar-refractivity contribution in [3.63, 3.8) is 0 Å². The van der Waals surface area contributed by atoms with Gasteiger partial charge in [0.1, 0.15) is 5.75 Å². The van der Waals surface area contributed by atoms with Crippen LogP contribution in [-0.2, 0) is 4.79 Å². The van der Waals surface area contributed by atoms with E-state index in [9.17, 15) is 14.4 Å². The van der Waals surface area contributed by atoms with Gasteiger partial charge in [-0.05, 0) is 66.2 Å². The molecule has 0 aliphatic carbocycles. The molecule has 4 aromatic rings. The fourth-order valence-electron chi connectivity index (χ4n) is 3.32. The van der Waals surface area contributed by atoms with E-state index in [1.165, 1.54) is 12.3 Å². The molecule has 0 radical (unpaired) electrons. The Bertz CT molecular complexity index is 1500. The van der Waals surface area contributed by atoms with Crippen LogP contribution in [0.25, 0.3) is 6.08 Å². The summed E-state index contributed by atoms with van der Waals surface area (Å²) in [5.74, 6) is -1.05. The summed E-state index contributed by atoms with van der Waals surface area (Å²) in [5.41, 5.74) is 5.02. The summed E-state index contributed by atoms with van der Waals surface area (Å²) in [6.45, 7) is 0. The van der Waals surface area contributed by atoms with E-state index in [0.717, 1.165) is 5.56 Å². The summed E-state index contributed by atoms with van der Waals surface area (Å²) in [5, 5.41) is 7.36. The van der Waals surface area contributed by atoms with Crippen molar-refractivity contribution in [1.29, 1.82) is 0 Å². The van der Waals surface area contributed by atoms with Crippen LogP contribution < -0.4 is 15.5 Å². The molecule has 188 valence electrons. The lowest BCUT2D eigenvalue weighted by Crippen LogP contribution is -2.18. The molecule has 8 heteroatoms. The van der Waals surface area contributed by atoms with Gasteiger partial charge in [0.25, 0.3) is 11.8 Å². The van der Waals surface area contributed by atoms with E-state index in [1.807, 2.05) is 6.07 Å². The van der Waals surface area contributed by atoms with Gasteiger partial charge >= 0.3 is 5.97 Å². The molecule has 0 aliphatic rings. The number of halogens is 1. The number of carbonyl (C=O) groups excluding carboxylic acids is 3. The molecule has 0 atom stereocenters. The molecule has 2 amide bonds. The Morgan fingerprint density at radius 1 is 0.763 bits per heavy atom. The second-order valence-electron chi connectivity index (χ2n) is 7.94. The van der Waals surface area contributed by atoms with Crippen LogP contribution in [0.3, 0.4) is 0 Å². The van der Waals surface area contributed by atoms with Crippen molar-refractivity contribution in [3.05, 3.63) is 136 Å². The molecule has 2 N–H and O–H groups in total. The fraction of sp³-hybridized carbons (Fsp3) is 0. The van der Waals surface area contributed by atoms with Gasteiger partial charge in [-0.1, -0.05) is 60.1 Å². The van der Waals surface area contributed by atoms with Gasteiger partial charge in [-0.3, -0.25) is 9.59 Å². The second-order valence-corrected chi connectivity index (χ2v) is 8.38. The number of esters is 1. The lowest BCUT2D eigenvalue weighted by atomic mass is 10.1. The monoisotopic (exact) mass is 523 g/mol. The van der Waals surface area contributed by atoms with E-state index < -0.39 is 11.9 Å². The molecule has 0 fully saturated rings. The molecule has 38 heavy (non-hydrogen) atoms. The summed E-state index contributed by atoms with van der Waals surface area (Å²) in [4.78, 5) is 37.3. The number of anilines is 1. The van der Waals surface area contributed by atoms with Crippen LogP contribution in [0.1, 0.15) is 31.8 Å². The number of amides is 2. The number of ether oxygens (including phenoxy) is 1. The van der Waals surface area contributed by atoms with Crippen molar-refractivity contribution < 1.29 is 19.1 Å². The van der Waals surface area contributed by atoms with Crippen LogP contribution in [0, 0.1) is 0 Å². The third-order valence-corrected chi connectivity index (χ3v) is 5.45. The number of nitrogens with one attached hydrogen (secondary N) is 2. The van der Waals surface area contributed by atoms with Gasteiger partial charge in [0, 0.05) is 33.5 Å². The van der Waals surface area contributed by atoms with Gasteiger partial charge in [-0.15, -0.1) is 0 Å². The predicted octanol–water partition coefficient (Wildman–Crippen LogP) is 5.98. The average Bonchev–Trinajstić information content (AvgIpc) is 2.94. The number of hydrogen-bond donors (Lipinski definition) is 2. The zero-order chi connectivity index (χ0) is 26.7. The number of para-hydroxylation sites is 1. The molecule has 0 unspecified atom stereocenters. The van der Waals surface area contributed by atoms with Gasteiger partial charge in [-0.2, -0.15) is 5.10 Å². The summed E-state index contributed by atoms with van der Waals surface area (Å²) in [6, 6.07) is 29.1. The maximum absolute atomic E-state index is 12.6. The third-order valence-electron chi connectivity index (χ3n) is 5.20. The van der Waals surface area contributed by atoms with E-state index in [1.54, 1.807) is 103 Å². The van der Waals surface area contributed by atoms with Gasteiger partial charge in [-0.25, -0.2) is 10.2 Å². The third kappa shape index (κ3) is 7.49. The molecule has 0 heterocycles. The lowest BCUT2D eigenvalue weighted by Gasteiger charge is -2.07. The number of rotatable bonds is 8. The van der Waals surface area contributed by atoms with Crippen molar-refractivity contribution in [2.75, 3.05) is 5.32 Å². The Labute approximate surface area is 224 Å². The summed E-state index contributed by atoms with van der Waals surface area (Å²) >= 11 is 5.87. The zero-order valence-corrected chi connectivity index (χ0v) is 20.8. The van der Waals surface area contributed by atoms with E-state index in [0.29, 0.717) is 27.4 Å². The molecule has 4 rings (SSSR count). The van der Waals surface area contributed by atoms with E-state index in [-0.39, 0.29) is 11.7 Å². The predicted molar refractivity (Wildman–Crippen MR) is 148 cm³/mol. The number of benzene rings is 4. The van der Waals surface area contributed by atoms with Gasteiger partial charge < -0.3 is 10.1 Å². The van der Waals surface area contributed by atoms with Crippen molar-refractivity contribution in [1.82, 2.24) is 5.43 Å². The Balaban J connectivity index is 1.36. The highest BCUT2D eigenvalue weighted by Crippen LogP contribution is 2.17. The smallest absolute Gasteiger partial charge is 0.336 e. The maximum atomic E-state index is 12.6. The quantitative estimate of drug-likeness (QED) is 0.0976. The maximum Gasteiger partial charge on any atom is 0.336 e. The largest absolute Gasteiger partial charge is 0.423 e. The second kappa shape index (κ2) is 12.8. The minimum atomic E-state index is -0.570. The SMILES string of the molecule is O=C(/C=C/c1ccc(Cl)cc1)Oc1ccccc1C=NNC(=O)c1cccc(NC(=O)c2ccccc2)c1. The summed E-state index contributed by atoms with van der Waals surface area (Å²) in [6.07, 6.45) is 4.30. The summed E-state index contributed by atoms with van der Waals surface area (Å²) < 4.78 is 5.43. The highest BCUT2D eigenvalue weighted by Gasteiger charge is 2.09. The Kier molecular flexibility index (Phi) is 8.78. The van der Waals surface area contributed by atoms with Crippen molar-refractivity contribution >= 4 is 47.4 Å². The van der Waals surface area contributed by atoms with Crippen LogP contribution in [0.4, 0.5) is 5.69 Å². The molecule has 0 saturated heterocycles. The molecular weight excluding hydrogens is 502 g/mol. The number of hydrogen-bond acceptors (Lipinski definition) is 5. The Morgan fingerprint density at radius 2 is 1.47 bits per heavy atom.